The van der Waals surface area contributed by atoms with Gasteiger partial charge in [0.05, 0.1) is 6.04 Å². The zero-order valence-electron chi connectivity index (χ0n) is 11.8. The maximum atomic E-state index is 13.6. The van der Waals surface area contributed by atoms with Gasteiger partial charge in [0.25, 0.3) is 0 Å². The molecule has 1 unspecified atom stereocenters. The van der Waals surface area contributed by atoms with Crippen LogP contribution >= 0.6 is 0 Å². The molecule has 0 radical (unpaired) electrons. The molecule has 2 N–H and O–H groups in total. The van der Waals surface area contributed by atoms with E-state index >= 15 is 0 Å². The summed E-state index contributed by atoms with van der Waals surface area (Å²) in [4.78, 5) is 24.0. The van der Waals surface area contributed by atoms with Gasteiger partial charge in [-0.1, -0.05) is 18.2 Å². The van der Waals surface area contributed by atoms with Crippen LogP contribution in [0.15, 0.2) is 24.3 Å². The zero-order chi connectivity index (χ0) is 15.3. The maximum Gasteiger partial charge on any atom is 0.323 e. The Balaban J connectivity index is 2.78. The van der Waals surface area contributed by atoms with Crippen molar-refractivity contribution < 1.29 is 19.1 Å². The first kappa shape index (κ1) is 15.9. The van der Waals surface area contributed by atoms with Crippen LogP contribution in [0.2, 0.25) is 0 Å². The Labute approximate surface area is 117 Å². The molecule has 0 aliphatic heterocycles. The average molecular weight is 282 g/mol. The normalized spacial score (nSPS) is 12.1. The largest absolute Gasteiger partial charge is 0.480 e. The lowest BCUT2D eigenvalue weighted by Crippen LogP contribution is -2.47. The molecule has 0 saturated carbocycles. The Kier molecular flexibility index (Phi) is 5.49. The molecule has 0 saturated heterocycles. The molecule has 1 aromatic carbocycles. The predicted molar refractivity (Wildman–Crippen MR) is 72.8 cm³/mol. The van der Waals surface area contributed by atoms with E-state index in [0.717, 1.165) is 0 Å². The first-order chi connectivity index (χ1) is 9.32. The number of urea groups is 1. The summed E-state index contributed by atoms with van der Waals surface area (Å²) in [5.41, 5.74) is 0.361. The van der Waals surface area contributed by atoms with Crippen LogP contribution in [-0.4, -0.2) is 34.6 Å². The molecule has 0 bridgehead atoms. The third-order valence-electron chi connectivity index (χ3n) is 2.90. The second-order valence-corrected chi connectivity index (χ2v) is 4.81. The molecule has 0 aromatic heterocycles. The number of carbonyl (C=O) groups is 2. The molecular formula is C14H19FN2O3. The minimum absolute atomic E-state index is 0.265. The summed E-state index contributed by atoms with van der Waals surface area (Å²) in [6.07, 6.45) is 0. The molecule has 5 nitrogen and oxygen atoms in total. The van der Waals surface area contributed by atoms with Crippen molar-refractivity contribution in [3.05, 3.63) is 35.6 Å². The number of carboxylic acid groups (broad SMARTS) is 1. The molecule has 1 aromatic rings. The van der Waals surface area contributed by atoms with E-state index in [4.69, 9.17) is 5.11 Å². The van der Waals surface area contributed by atoms with Crippen LogP contribution in [0.1, 0.15) is 32.4 Å². The van der Waals surface area contributed by atoms with Crippen molar-refractivity contribution in [3.63, 3.8) is 0 Å². The van der Waals surface area contributed by atoms with Crippen molar-refractivity contribution >= 4 is 12.0 Å². The highest BCUT2D eigenvalue weighted by Crippen LogP contribution is 2.16. The van der Waals surface area contributed by atoms with Crippen LogP contribution in [0.4, 0.5) is 9.18 Å². The number of benzene rings is 1. The molecule has 0 fully saturated rings. The average Bonchev–Trinajstić information content (AvgIpc) is 2.35. The van der Waals surface area contributed by atoms with E-state index in [1.807, 2.05) is 0 Å². The molecular weight excluding hydrogens is 263 g/mol. The lowest BCUT2D eigenvalue weighted by atomic mass is 10.1. The van der Waals surface area contributed by atoms with E-state index in [1.165, 1.54) is 11.0 Å². The molecule has 6 heteroatoms. The van der Waals surface area contributed by atoms with Crippen molar-refractivity contribution in [1.82, 2.24) is 10.2 Å². The van der Waals surface area contributed by atoms with E-state index in [-0.39, 0.29) is 6.04 Å². The van der Waals surface area contributed by atoms with Crippen molar-refractivity contribution in [2.75, 3.05) is 6.54 Å². The first-order valence-electron chi connectivity index (χ1n) is 6.36. The summed E-state index contributed by atoms with van der Waals surface area (Å²) in [7, 11) is 0. The quantitative estimate of drug-likeness (QED) is 0.871. The van der Waals surface area contributed by atoms with Gasteiger partial charge in [-0.25, -0.2) is 9.18 Å². The van der Waals surface area contributed by atoms with Crippen molar-refractivity contribution in [1.29, 1.82) is 0 Å². The van der Waals surface area contributed by atoms with Crippen LogP contribution in [-0.2, 0) is 4.79 Å². The third-order valence-corrected chi connectivity index (χ3v) is 2.90. The molecule has 0 heterocycles. The van der Waals surface area contributed by atoms with Crippen molar-refractivity contribution in [3.8, 4) is 0 Å². The Bertz CT molecular complexity index is 491. The van der Waals surface area contributed by atoms with Gasteiger partial charge in [0, 0.05) is 11.6 Å². The number of nitrogens with zero attached hydrogens (tertiary/aromatic N) is 1. The van der Waals surface area contributed by atoms with Crippen molar-refractivity contribution in [2.45, 2.75) is 32.9 Å². The predicted octanol–water partition coefficient (Wildman–Crippen LogP) is 2.39. The molecule has 0 spiro atoms. The van der Waals surface area contributed by atoms with Crippen LogP contribution in [0.5, 0.6) is 0 Å². The Hall–Kier alpha value is -2.11. The molecule has 2 amide bonds. The molecule has 20 heavy (non-hydrogen) atoms. The molecule has 0 aliphatic carbocycles. The Morgan fingerprint density at radius 1 is 1.30 bits per heavy atom. The van der Waals surface area contributed by atoms with Gasteiger partial charge in [0.2, 0.25) is 0 Å². The summed E-state index contributed by atoms with van der Waals surface area (Å²) in [6, 6.07) is 4.81. The fourth-order valence-electron chi connectivity index (χ4n) is 1.81. The number of halogens is 1. The SMILES string of the molecule is CC(NC(=O)N(CC(=O)O)C(C)C)c1ccccc1F. The number of rotatable bonds is 5. The van der Waals surface area contributed by atoms with E-state index in [2.05, 4.69) is 5.32 Å². The number of aliphatic carboxylic acids is 1. The molecule has 1 rings (SSSR count). The van der Waals surface area contributed by atoms with Gasteiger partial charge < -0.3 is 15.3 Å². The van der Waals surface area contributed by atoms with Crippen LogP contribution in [0, 0.1) is 5.82 Å². The summed E-state index contributed by atoms with van der Waals surface area (Å²) in [5.74, 6) is -1.50. The van der Waals surface area contributed by atoms with Gasteiger partial charge in [-0.3, -0.25) is 4.79 Å². The van der Waals surface area contributed by atoms with Crippen LogP contribution in [0.25, 0.3) is 0 Å². The molecule has 1 atom stereocenters. The minimum atomic E-state index is -1.09. The second kappa shape index (κ2) is 6.88. The fraction of sp³-hybridized carbons (Fsp3) is 0.429. The highest BCUT2D eigenvalue weighted by atomic mass is 19.1. The molecule has 110 valence electrons. The summed E-state index contributed by atoms with van der Waals surface area (Å²) < 4.78 is 13.6. The smallest absolute Gasteiger partial charge is 0.323 e. The van der Waals surface area contributed by atoms with Gasteiger partial charge in [-0.2, -0.15) is 0 Å². The first-order valence-corrected chi connectivity index (χ1v) is 6.36. The maximum absolute atomic E-state index is 13.6. The number of amides is 2. The topological polar surface area (TPSA) is 69.6 Å². The number of hydrogen-bond donors (Lipinski definition) is 2. The fourth-order valence-corrected chi connectivity index (χ4v) is 1.81. The van der Waals surface area contributed by atoms with E-state index in [9.17, 15) is 14.0 Å². The standard InChI is InChI=1S/C14H19FN2O3/c1-9(2)17(8-13(18)19)14(20)16-10(3)11-6-4-5-7-12(11)15/h4-7,9-10H,8H2,1-3H3,(H,16,20)(H,18,19). The lowest BCUT2D eigenvalue weighted by Gasteiger charge is -2.27. The number of carboxylic acids is 1. The van der Waals surface area contributed by atoms with Crippen LogP contribution in [0.3, 0.4) is 0 Å². The highest BCUT2D eigenvalue weighted by Gasteiger charge is 2.22. The van der Waals surface area contributed by atoms with Gasteiger partial charge >= 0.3 is 12.0 Å². The van der Waals surface area contributed by atoms with Gasteiger partial charge in [-0.15, -0.1) is 0 Å². The number of carbonyl (C=O) groups excluding carboxylic acids is 1. The van der Waals surface area contributed by atoms with Gasteiger partial charge in [0.15, 0.2) is 0 Å². The van der Waals surface area contributed by atoms with Gasteiger partial charge in [-0.05, 0) is 26.8 Å². The number of hydrogen-bond acceptors (Lipinski definition) is 2. The summed E-state index contributed by atoms with van der Waals surface area (Å²) >= 11 is 0. The molecule has 0 aliphatic rings. The van der Waals surface area contributed by atoms with Crippen molar-refractivity contribution in [2.24, 2.45) is 0 Å². The Morgan fingerprint density at radius 3 is 2.40 bits per heavy atom. The van der Waals surface area contributed by atoms with Gasteiger partial charge in [0.1, 0.15) is 12.4 Å². The monoisotopic (exact) mass is 282 g/mol. The summed E-state index contributed by atoms with van der Waals surface area (Å²) in [5, 5.41) is 11.4. The van der Waals surface area contributed by atoms with E-state index in [1.54, 1.807) is 39.0 Å². The number of nitrogens with one attached hydrogen (secondary N) is 1. The van der Waals surface area contributed by atoms with Crippen LogP contribution < -0.4 is 5.32 Å². The minimum Gasteiger partial charge on any atom is -0.480 e. The Morgan fingerprint density at radius 2 is 1.90 bits per heavy atom. The summed E-state index contributed by atoms with van der Waals surface area (Å²) in [6.45, 7) is 4.69. The highest BCUT2D eigenvalue weighted by molar-refractivity contribution is 5.80. The third kappa shape index (κ3) is 4.22. The lowest BCUT2D eigenvalue weighted by molar-refractivity contribution is -0.138. The van der Waals surface area contributed by atoms with E-state index in [0.29, 0.717) is 5.56 Å². The second-order valence-electron chi connectivity index (χ2n) is 4.81. The zero-order valence-corrected chi connectivity index (χ0v) is 11.8. The van der Waals surface area contributed by atoms with E-state index < -0.39 is 30.4 Å².